The number of anilines is 1. The topological polar surface area (TPSA) is 76.4 Å². The maximum atomic E-state index is 13.0. The normalized spacial score (nSPS) is 31.9. The molecule has 4 N–H and O–H groups in total. The fourth-order valence-corrected chi connectivity index (χ4v) is 3.01. The summed E-state index contributed by atoms with van der Waals surface area (Å²) < 4.78 is 18.7. The number of nitrogens with two attached hydrogens (primary N) is 1. The van der Waals surface area contributed by atoms with Gasteiger partial charge in [0.25, 0.3) is 0 Å². The van der Waals surface area contributed by atoms with Gasteiger partial charge in [0, 0.05) is 24.3 Å². The summed E-state index contributed by atoms with van der Waals surface area (Å²) in [6, 6.07) is 5.13. The maximum Gasteiger partial charge on any atom is 0.319 e. The van der Waals surface area contributed by atoms with Crippen LogP contribution in [-0.4, -0.2) is 30.8 Å². The molecule has 1 aromatic carbocycles. The SMILES string of the molecule is NC1C2CCCOC2C1NC(=O)Nc1cccc(F)c1. The van der Waals surface area contributed by atoms with Gasteiger partial charge in [-0.1, -0.05) is 6.07 Å². The highest BCUT2D eigenvalue weighted by Crippen LogP contribution is 2.36. The van der Waals surface area contributed by atoms with Crippen LogP contribution in [0.2, 0.25) is 0 Å². The van der Waals surface area contributed by atoms with Crippen molar-refractivity contribution >= 4 is 11.7 Å². The van der Waals surface area contributed by atoms with Gasteiger partial charge in [0.15, 0.2) is 0 Å². The number of hydrogen-bond acceptors (Lipinski definition) is 3. The lowest BCUT2D eigenvalue weighted by molar-refractivity contribution is -0.116. The maximum absolute atomic E-state index is 13.0. The number of amides is 2. The predicted octanol–water partition coefficient (Wildman–Crippen LogP) is 1.45. The van der Waals surface area contributed by atoms with Gasteiger partial charge in [0.2, 0.25) is 0 Å². The average molecular weight is 279 g/mol. The molecule has 0 aromatic heterocycles. The third-order valence-electron chi connectivity index (χ3n) is 4.06. The summed E-state index contributed by atoms with van der Waals surface area (Å²) in [5, 5.41) is 5.41. The van der Waals surface area contributed by atoms with E-state index in [1.165, 1.54) is 12.1 Å². The van der Waals surface area contributed by atoms with Crippen LogP contribution in [0, 0.1) is 11.7 Å². The number of benzene rings is 1. The number of carbonyl (C=O) groups is 1. The second kappa shape index (κ2) is 5.38. The molecule has 0 spiro atoms. The Hall–Kier alpha value is -1.66. The molecule has 5 nitrogen and oxygen atoms in total. The van der Waals surface area contributed by atoms with Crippen LogP contribution in [0.4, 0.5) is 14.9 Å². The Morgan fingerprint density at radius 2 is 2.30 bits per heavy atom. The summed E-state index contributed by atoms with van der Waals surface area (Å²) in [6.07, 6.45) is 2.09. The monoisotopic (exact) mass is 279 g/mol. The van der Waals surface area contributed by atoms with E-state index in [2.05, 4.69) is 10.6 Å². The first-order valence-corrected chi connectivity index (χ1v) is 6.85. The molecule has 2 aliphatic rings. The zero-order chi connectivity index (χ0) is 14.1. The van der Waals surface area contributed by atoms with Crippen molar-refractivity contribution in [2.45, 2.75) is 31.0 Å². The summed E-state index contributed by atoms with van der Waals surface area (Å²) in [5.41, 5.74) is 6.47. The zero-order valence-corrected chi connectivity index (χ0v) is 11.0. The molecule has 1 saturated heterocycles. The van der Waals surface area contributed by atoms with Crippen LogP contribution in [0.25, 0.3) is 0 Å². The molecule has 4 atom stereocenters. The Morgan fingerprint density at radius 1 is 1.45 bits per heavy atom. The highest BCUT2D eigenvalue weighted by Gasteiger charge is 2.51. The van der Waals surface area contributed by atoms with Gasteiger partial charge >= 0.3 is 6.03 Å². The minimum Gasteiger partial charge on any atom is -0.376 e. The first-order valence-electron chi connectivity index (χ1n) is 6.85. The van der Waals surface area contributed by atoms with Crippen LogP contribution in [0.1, 0.15) is 12.8 Å². The van der Waals surface area contributed by atoms with Crippen molar-refractivity contribution in [3.63, 3.8) is 0 Å². The van der Waals surface area contributed by atoms with Crippen LogP contribution >= 0.6 is 0 Å². The third-order valence-corrected chi connectivity index (χ3v) is 4.06. The molecule has 1 aliphatic heterocycles. The average Bonchev–Trinajstić information content (AvgIpc) is 2.44. The van der Waals surface area contributed by atoms with Crippen LogP contribution < -0.4 is 16.4 Å². The highest BCUT2D eigenvalue weighted by molar-refractivity contribution is 5.89. The van der Waals surface area contributed by atoms with Crippen molar-refractivity contribution in [3.05, 3.63) is 30.1 Å². The van der Waals surface area contributed by atoms with Crippen molar-refractivity contribution in [2.24, 2.45) is 11.7 Å². The molecule has 1 saturated carbocycles. The fraction of sp³-hybridized carbons (Fsp3) is 0.500. The zero-order valence-electron chi connectivity index (χ0n) is 11.0. The van der Waals surface area contributed by atoms with Crippen molar-refractivity contribution < 1.29 is 13.9 Å². The quantitative estimate of drug-likeness (QED) is 0.767. The summed E-state index contributed by atoms with van der Waals surface area (Å²) in [7, 11) is 0. The molecule has 2 amide bonds. The van der Waals surface area contributed by atoms with Crippen molar-refractivity contribution in [1.82, 2.24) is 5.32 Å². The summed E-state index contributed by atoms with van der Waals surface area (Å²) in [5.74, 6) is -0.0537. The van der Waals surface area contributed by atoms with E-state index in [-0.39, 0.29) is 30.0 Å². The van der Waals surface area contributed by atoms with Gasteiger partial charge in [0.05, 0.1) is 12.1 Å². The van der Waals surface area contributed by atoms with Gasteiger partial charge in [-0.2, -0.15) is 0 Å². The first kappa shape index (κ1) is 13.3. The molecule has 4 unspecified atom stereocenters. The molecular weight excluding hydrogens is 261 g/mol. The van der Waals surface area contributed by atoms with Crippen LogP contribution in [-0.2, 0) is 4.74 Å². The van der Waals surface area contributed by atoms with E-state index in [0.717, 1.165) is 19.4 Å². The van der Waals surface area contributed by atoms with E-state index < -0.39 is 0 Å². The van der Waals surface area contributed by atoms with E-state index in [9.17, 15) is 9.18 Å². The molecule has 2 fully saturated rings. The van der Waals surface area contributed by atoms with Gasteiger partial charge in [-0.05, 0) is 31.0 Å². The number of urea groups is 1. The molecule has 108 valence electrons. The van der Waals surface area contributed by atoms with Gasteiger partial charge < -0.3 is 21.1 Å². The minimum atomic E-state index is -0.390. The lowest BCUT2D eigenvalue weighted by Crippen LogP contribution is -2.72. The van der Waals surface area contributed by atoms with E-state index >= 15 is 0 Å². The Morgan fingerprint density at radius 3 is 3.10 bits per heavy atom. The lowest BCUT2D eigenvalue weighted by atomic mass is 9.69. The molecule has 0 bridgehead atoms. The molecule has 1 heterocycles. The van der Waals surface area contributed by atoms with Crippen LogP contribution in [0.15, 0.2) is 24.3 Å². The third kappa shape index (κ3) is 2.48. The molecule has 3 rings (SSSR count). The number of halogens is 1. The lowest BCUT2D eigenvalue weighted by Gasteiger charge is -2.52. The van der Waals surface area contributed by atoms with E-state index in [4.69, 9.17) is 10.5 Å². The van der Waals surface area contributed by atoms with Crippen molar-refractivity contribution in [2.75, 3.05) is 11.9 Å². The summed E-state index contributed by atoms with van der Waals surface area (Å²) >= 11 is 0. The second-order valence-corrected chi connectivity index (χ2v) is 5.35. The van der Waals surface area contributed by atoms with Crippen LogP contribution in [0.3, 0.4) is 0 Å². The Balaban J connectivity index is 1.57. The molecule has 1 aromatic rings. The van der Waals surface area contributed by atoms with Crippen molar-refractivity contribution in [3.8, 4) is 0 Å². The van der Waals surface area contributed by atoms with Gasteiger partial charge in [-0.15, -0.1) is 0 Å². The Kier molecular flexibility index (Phi) is 3.58. The van der Waals surface area contributed by atoms with E-state index in [1.54, 1.807) is 12.1 Å². The number of nitrogens with one attached hydrogen (secondary N) is 2. The van der Waals surface area contributed by atoms with Gasteiger partial charge in [-0.3, -0.25) is 0 Å². The minimum absolute atomic E-state index is 0.0111. The summed E-state index contributed by atoms with van der Waals surface area (Å²) in [4.78, 5) is 11.9. The molecule has 1 aliphatic carbocycles. The number of ether oxygens (including phenoxy) is 1. The van der Waals surface area contributed by atoms with Gasteiger partial charge in [-0.25, -0.2) is 9.18 Å². The number of carbonyl (C=O) groups excluding carboxylic acids is 1. The summed E-state index contributed by atoms with van der Waals surface area (Å²) in [6.45, 7) is 0.720. The highest BCUT2D eigenvalue weighted by atomic mass is 19.1. The van der Waals surface area contributed by atoms with E-state index in [0.29, 0.717) is 11.6 Å². The number of fused-ring (bicyclic) bond motifs is 1. The predicted molar refractivity (Wildman–Crippen MR) is 72.8 cm³/mol. The molecule has 20 heavy (non-hydrogen) atoms. The first-order chi connectivity index (χ1) is 9.65. The van der Waals surface area contributed by atoms with E-state index in [1.807, 2.05) is 0 Å². The number of rotatable bonds is 2. The van der Waals surface area contributed by atoms with Crippen LogP contribution in [0.5, 0.6) is 0 Å². The largest absolute Gasteiger partial charge is 0.376 e. The number of hydrogen-bond donors (Lipinski definition) is 3. The smallest absolute Gasteiger partial charge is 0.319 e. The second-order valence-electron chi connectivity index (χ2n) is 5.35. The Bertz CT molecular complexity index is 511. The molecular formula is C14H18FN3O2. The fourth-order valence-electron chi connectivity index (χ4n) is 3.01. The van der Waals surface area contributed by atoms with Crippen molar-refractivity contribution in [1.29, 1.82) is 0 Å². The standard InChI is InChI=1S/C14H18FN3O2/c15-8-3-1-4-9(7-8)17-14(19)18-12-11(16)10-5-2-6-20-13(10)12/h1,3-4,7,10-13H,2,5-6,16H2,(H2,17,18,19). The molecule has 6 heteroatoms. The van der Waals surface area contributed by atoms with Gasteiger partial charge in [0.1, 0.15) is 5.82 Å². The Labute approximate surface area is 116 Å². The molecule has 0 radical (unpaired) electrons.